The lowest BCUT2D eigenvalue weighted by molar-refractivity contribution is 0.291. The number of rotatable bonds is 2. The molecule has 0 aromatic rings. The maximum atomic E-state index is 3.63. The Morgan fingerprint density at radius 1 is 1.08 bits per heavy atom. The summed E-state index contributed by atoms with van der Waals surface area (Å²) in [4.78, 5) is 0. The van der Waals surface area contributed by atoms with Gasteiger partial charge < -0.3 is 5.32 Å². The standard InChI is InChI=1S/C11H21N/c1-9(10-5-2-3-6-10)11-7-4-8-12-11/h9-12H,2-8H2,1H3/t9-,11-/m0/s1. The number of nitrogens with one attached hydrogen (secondary N) is 1. The van der Waals surface area contributed by atoms with Crippen molar-refractivity contribution < 1.29 is 0 Å². The summed E-state index contributed by atoms with van der Waals surface area (Å²) in [5, 5.41) is 3.63. The molecular formula is C11H21N. The molecule has 2 fully saturated rings. The van der Waals surface area contributed by atoms with Gasteiger partial charge in [0.1, 0.15) is 0 Å². The van der Waals surface area contributed by atoms with Gasteiger partial charge in [0.25, 0.3) is 0 Å². The van der Waals surface area contributed by atoms with E-state index in [1.807, 2.05) is 0 Å². The van der Waals surface area contributed by atoms with E-state index in [9.17, 15) is 0 Å². The maximum Gasteiger partial charge on any atom is 0.00958 e. The monoisotopic (exact) mass is 167 g/mol. The van der Waals surface area contributed by atoms with Crippen LogP contribution < -0.4 is 5.32 Å². The van der Waals surface area contributed by atoms with E-state index in [2.05, 4.69) is 12.2 Å². The van der Waals surface area contributed by atoms with Gasteiger partial charge in [-0.1, -0.05) is 32.6 Å². The topological polar surface area (TPSA) is 12.0 Å². The molecule has 1 aliphatic carbocycles. The minimum Gasteiger partial charge on any atom is -0.314 e. The Kier molecular flexibility index (Phi) is 2.69. The first kappa shape index (κ1) is 8.55. The van der Waals surface area contributed by atoms with E-state index < -0.39 is 0 Å². The summed E-state index contributed by atoms with van der Waals surface area (Å²) >= 11 is 0. The van der Waals surface area contributed by atoms with E-state index in [4.69, 9.17) is 0 Å². The van der Waals surface area contributed by atoms with Gasteiger partial charge in [0.05, 0.1) is 0 Å². The lowest BCUT2D eigenvalue weighted by Gasteiger charge is -2.25. The molecule has 12 heavy (non-hydrogen) atoms. The zero-order valence-electron chi connectivity index (χ0n) is 8.18. The molecule has 2 rings (SSSR count). The summed E-state index contributed by atoms with van der Waals surface area (Å²) in [7, 11) is 0. The lowest BCUT2D eigenvalue weighted by Crippen LogP contribution is -2.32. The fourth-order valence-corrected chi connectivity index (χ4v) is 2.97. The van der Waals surface area contributed by atoms with Crippen LogP contribution in [-0.2, 0) is 0 Å². The Labute approximate surface area is 75.9 Å². The van der Waals surface area contributed by atoms with E-state index in [-0.39, 0.29) is 0 Å². The Balaban J connectivity index is 1.84. The first-order valence-electron chi connectivity index (χ1n) is 5.61. The molecule has 1 saturated carbocycles. The van der Waals surface area contributed by atoms with Crippen molar-refractivity contribution in [1.29, 1.82) is 0 Å². The van der Waals surface area contributed by atoms with Crippen molar-refractivity contribution in [1.82, 2.24) is 5.32 Å². The predicted molar refractivity (Wildman–Crippen MR) is 52.1 cm³/mol. The van der Waals surface area contributed by atoms with Gasteiger partial charge in [-0.05, 0) is 31.2 Å². The van der Waals surface area contributed by atoms with Gasteiger partial charge in [-0.25, -0.2) is 0 Å². The molecule has 2 atom stereocenters. The summed E-state index contributed by atoms with van der Waals surface area (Å²) in [6.45, 7) is 3.72. The normalized spacial score (nSPS) is 34.2. The average molecular weight is 167 g/mol. The van der Waals surface area contributed by atoms with Crippen LogP contribution in [0.4, 0.5) is 0 Å². The summed E-state index contributed by atoms with van der Waals surface area (Å²) < 4.78 is 0. The Morgan fingerprint density at radius 3 is 2.42 bits per heavy atom. The van der Waals surface area contributed by atoms with Crippen molar-refractivity contribution in [2.24, 2.45) is 11.8 Å². The van der Waals surface area contributed by atoms with E-state index in [0.717, 1.165) is 17.9 Å². The quantitative estimate of drug-likeness (QED) is 0.666. The average Bonchev–Trinajstić information content (AvgIpc) is 2.77. The first-order chi connectivity index (χ1) is 5.88. The minimum absolute atomic E-state index is 0.855. The van der Waals surface area contributed by atoms with Crippen LogP contribution in [0.5, 0.6) is 0 Å². The highest BCUT2D eigenvalue weighted by Crippen LogP contribution is 2.34. The molecule has 0 amide bonds. The summed E-state index contributed by atoms with van der Waals surface area (Å²) in [6, 6.07) is 0.855. The highest BCUT2D eigenvalue weighted by molar-refractivity contribution is 4.85. The summed E-state index contributed by atoms with van der Waals surface area (Å²) in [6.07, 6.45) is 8.81. The molecule has 0 unspecified atom stereocenters. The number of hydrogen-bond acceptors (Lipinski definition) is 1. The zero-order valence-corrected chi connectivity index (χ0v) is 8.18. The molecule has 0 aromatic carbocycles. The third-order valence-corrected chi connectivity index (χ3v) is 3.88. The van der Waals surface area contributed by atoms with Crippen molar-refractivity contribution in [2.45, 2.75) is 51.5 Å². The molecule has 1 heteroatoms. The second-order valence-corrected chi connectivity index (χ2v) is 4.61. The van der Waals surface area contributed by atoms with Crippen LogP contribution in [0.15, 0.2) is 0 Å². The molecule has 1 saturated heterocycles. The summed E-state index contributed by atoms with van der Waals surface area (Å²) in [5.41, 5.74) is 0. The first-order valence-corrected chi connectivity index (χ1v) is 5.61. The van der Waals surface area contributed by atoms with Crippen LogP contribution in [0, 0.1) is 11.8 Å². The third-order valence-electron chi connectivity index (χ3n) is 3.88. The molecule has 1 heterocycles. The second-order valence-electron chi connectivity index (χ2n) is 4.61. The fourth-order valence-electron chi connectivity index (χ4n) is 2.97. The fraction of sp³-hybridized carbons (Fsp3) is 1.00. The van der Waals surface area contributed by atoms with Gasteiger partial charge in [0.15, 0.2) is 0 Å². The van der Waals surface area contributed by atoms with Crippen LogP contribution in [-0.4, -0.2) is 12.6 Å². The largest absolute Gasteiger partial charge is 0.314 e. The molecular weight excluding hydrogens is 146 g/mol. The van der Waals surface area contributed by atoms with Crippen LogP contribution in [0.2, 0.25) is 0 Å². The highest BCUT2D eigenvalue weighted by Gasteiger charge is 2.29. The molecule has 1 N–H and O–H groups in total. The van der Waals surface area contributed by atoms with Crippen LogP contribution in [0.1, 0.15) is 45.4 Å². The molecule has 0 radical (unpaired) electrons. The molecule has 0 spiro atoms. The predicted octanol–water partition coefficient (Wildman–Crippen LogP) is 2.56. The van der Waals surface area contributed by atoms with E-state index >= 15 is 0 Å². The van der Waals surface area contributed by atoms with Crippen molar-refractivity contribution in [2.75, 3.05) is 6.54 Å². The third kappa shape index (κ3) is 1.66. The lowest BCUT2D eigenvalue weighted by atomic mass is 9.86. The van der Waals surface area contributed by atoms with E-state index in [1.54, 1.807) is 0 Å². The van der Waals surface area contributed by atoms with Gasteiger partial charge in [0, 0.05) is 6.04 Å². The van der Waals surface area contributed by atoms with Crippen molar-refractivity contribution in [3.05, 3.63) is 0 Å². The van der Waals surface area contributed by atoms with Crippen molar-refractivity contribution in [3.8, 4) is 0 Å². The van der Waals surface area contributed by atoms with Gasteiger partial charge in [-0.15, -0.1) is 0 Å². The second kappa shape index (κ2) is 3.78. The minimum atomic E-state index is 0.855. The SMILES string of the molecule is C[C@@H](C1CCCC1)[C@@H]1CCCN1. The van der Waals surface area contributed by atoms with Gasteiger partial charge in [0.2, 0.25) is 0 Å². The highest BCUT2D eigenvalue weighted by atomic mass is 14.9. The molecule has 1 nitrogen and oxygen atoms in total. The van der Waals surface area contributed by atoms with Gasteiger partial charge >= 0.3 is 0 Å². The summed E-state index contributed by atoms with van der Waals surface area (Å²) in [5.74, 6) is 1.98. The van der Waals surface area contributed by atoms with Crippen LogP contribution >= 0.6 is 0 Å². The van der Waals surface area contributed by atoms with Gasteiger partial charge in [-0.2, -0.15) is 0 Å². The molecule has 1 aliphatic heterocycles. The molecule has 0 bridgehead atoms. The Morgan fingerprint density at radius 2 is 1.83 bits per heavy atom. The van der Waals surface area contributed by atoms with E-state index in [0.29, 0.717) is 0 Å². The van der Waals surface area contributed by atoms with Crippen LogP contribution in [0.3, 0.4) is 0 Å². The van der Waals surface area contributed by atoms with Gasteiger partial charge in [-0.3, -0.25) is 0 Å². The van der Waals surface area contributed by atoms with Crippen LogP contribution in [0.25, 0.3) is 0 Å². The van der Waals surface area contributed by atoms with Crippen molar-refractivity contribution >= 4 is 0 Å². The van der Waals surface area contributed by atoms with Crippen molar-refractivity contribution in [3.63, 3.8) is 0 Å². The molecule has 2 aliphatic rings. The van der Waals surface area contributed by atoms with E-state index in [1.165, 1.54) is 45.1 Å². The smallest absolute Gasteiger partial charge is 0.00958 e. The molecule has 0 aromatic heterocycles. The zero-order chi connectivity index (χ0) is 8.39. The number of hydrogen-bond donors (Lipinski definition) is 1. The maximum absolute atomic E-state index is 3.63. The Bertz CT molecular complexity index is 116. The molecule has 70 valence electrons. The Hall–Kier alpha value is -0.0400.